The van der Waals surface area contributed by atoms with Gasteiger partial charge in [0.15, 0.2) is 0 Å². The van der Waals surface area contributed by atoms with E-state index in [1.165, 1.54) is 17.6 Å². The minimum atomic E-state index is 0.190. The summed E-state index contributed by atoms with van der Waals surface area (Å²) in [5.41, 5.74) is 6.38. The molecule has 3 aromatic rings. The third-order valence-corrected chi connectivity index (χ3v) is 5.94. The molecule has 0 N–H and O–H groups in total. The molecule has 0 atom stereocenters. The van der Waals surface area contributed by atoms with Crippen molar-refractivity contribution in [2.24, 2.45) is 0 Å². The summed E-state index contributed by atoms with van der Waals surface area (Å²) in [6, 6.07) is 18.5. The molecule has 1 saturated heterocycles. The SMILES string of the molecule is O=C(c1c2c(nc3ccccc13)/C(=C\c1ccccc1)CC2)N1CCCCC1. The van der Waals surface area contributed by atoms with Gasteiger partial charge in [-0.2, -0.15) is 0 Å². The van der Waals surface area contributed by atoms with Gasteiger partial charge in [0.1, 0.15) is 0 Å². The van der Waals surface area contributed by atoms with Gasteiger partial charge in [0.05, 0.1) is 16.8 Å². The van der Waals surface area contributed by atoms with Gasteiger partial charge in [-0.15, -0.1) is 0 Å². The van der Waals surface area contributed by atoms with Crippen LogP contribution in [0.1, 0.15) is 52.9 Å². The van der Waals surface area contributed by atoms with Crippen LogP contribution in [0.2, 0.25) is 0 Å². The maximum Gasteiger partial charge on any atom is 0.254 e. The second kappa shape index (κ2) is 7.23. The van der Waals surface area contributed by atoms with E-state index >= 15 is 0 Å². The van der Waals surface area contributed by atoms with Crippen LogP contribution in [0.3, 0.4) is 0 Å². The fraction of sp³-hybridized carbons (Fsp3) is 0.280. The molecule has 0 bridgehead atoms. The fourth-order valence-electron chi connectivity index (χ4n) is 4.53. The largest absolute Gasteiger partial charge is 0.339 e. The van der Waals surface area contributed by atoms with Crippen molar-refractivity contribution in [2.45, 2.75) is 32.1 Å². The number of allylic oxidation sites excluding steroid dienone is 1. The summed E-state index contributed by atoms with van der Waals surface area (Å²) in [7, 11) is 0. The Kier molecular flexibility index (Phi) is 4.44. The second-order valence-corrected chi connectivity index (χ2v) is 7.76. The van der Waals surface area contributed by atoms with Crippen molar-refractivity contribution >= 4 is 28.5 Å². The number of aromatic nitrogens is 1. The molecule has 0 saturated carbocycles. The van der Waals surface area contributed by atoms with Crippen molar-refractivity contribution in [1.82, 2.24) is 9.88 Å². The molecule has 140 valence electrons. The second-order valence-electron chi connectivity index (χ2n) is 7.76. The summed E-state index contributed by atoms with van der Waals surface area (Å²) in [5, 5.41) is 0.998. The lowest BCUT2D eigenvalue weighted by Crippen LogP contribution is -2.36. The van der Waals surface area contributed by atoms with Gasteiger partial charge in [-0.05, 0) is 60.9 Å². The first-order valence-electron chi connectivity index (χ1n) is 10.3. The average Bonchev–Trinajstić information content (AvgIpc) is 3.15. The Hall–Kier alpha value is -2.94. The Bertz CT molecular complexity index is 1060. The number of amides is 1. The lowest BCUT2D eigenvalue weighted by Gasteiger charge is -2.28. The Morgan fingerprint density at radius 2 is 1.64 bits per heavy atom. The van der Waals surface area contributed by atoms with Crippen molar-refractivity contribution in [2.75, 3.05) is 13.1 Å². The van der Waals surface area contributed by atoms with Crippen molar-refractivity contribution in [3.05, 3.63) is 77.0 Å². The third-order valence-electron chi connectivity index (χ3n) is 5.94. The highest BCUT2D eigenvalue weighted by Gasteiger charge is 2.29. The molecule has 3 heteroatoms. The first-order chi connectivity index (χ1) is 13.8. The summed E-state index contributed by atoms with van der Waals surface area (Å²) < 4.78 is 0. The normalized spacial score (nSPS) is 17.9. The molecule has 0 radical (unpaired) electrons. The van der Waals surface area contributed by atoms with Crippen LogP contribution in [0, 0.1) is 0 Å². The molecule has 2 heterocycles. The van der Waals surface area contributed by atoms with Crippen LogP contribution in [0.15, 0.2) is 54.6 Å². The number of nitrogens with zero attached hydrogens (tertiary/aromatic N) is 2. The number of carbonyl (C=O) groups is 1. The van der Waals surface area contributed by atoms with E-state index in [1.807, 2.05) is 29.2 Å². The van der Waals surface area contributed by atoms with E-state index in [0.717, 1.165) is 66.5 Å². The summed E-state index contributed by atoms with van der Waals surface area (Å²) in [6.45, 7) is 1.74. The average molecular weight is 368 g/mol. The highest BCUT2D eigenvalue weighted by molar-refractivity contribution is 6.09. The predicted molar refractivity (Wildman–Crippen MR) is 114 cm³/mol. The molecular formula is C25H24N2O. The van der Waals surface area contributed by atoms with Crippen molar-refractivity contribution in [3.8, 4) is 0 Å². The topological polar surface area (TPSA) is 33.2 Å². The number of para-hydroxylation sites is 1. The van der Waals surface area contributed by atoms with E-state index in [9.17, 15) is 4.79 Å². The summed E-state index contributed by atoms with van der Waals surface area (Å²) >= 11 is 0. The van der Waals surface area contributed by atoms with E-state index in [2.05, 4.69) is 36.4 Å². The van der Waals surface area contributed by atoms with Crippen LogP contribution in [0.4, 0.5) is 0 Å². The van der Waals surface area contributed by atoms with E-state index < -0.39 is 0 Å². The minimum absolute atomic E-state index is 0.190. The molecule has 2 aliphatic rings. The van der Waals surface area contributed by atoms with Gasteiger partial charge < -0.3 is 4.90 Å². The van der Waals surface area contributed by atoms with Crippen LogP contribution in [-0.4, -0.2) is 28.9 Å². The third kappa shape index (κ3) is 3.01. The maximum atomic E-state index is 13.5. The number of fused-ring (bicyclic) bond motifs is 2. The van der Waals surface area contributed by atoms with Crippen LogP contribution >= 0.6 is 0 Å². The van der Waals surface area contributed by atoms with Crippen molar-refractivity contribution in [3.63, 3.8) is 0 Å². The lowest BCUT2D eigenvalue weighted by atomic mass is 9.98. The van der Waals surface area contributed by atoms with Gasteiger partial charge in [0.25, 0.3) is 5.91 Å². The van der Waals surface area contributed by atoms with E-state index in [0.29, 0.717) is 0 Å². The number of pyridine rings is 1. The maximum absolute atomic E-state index is 13.5. The zero-order valence-electron chi connectivity index (χ0n) is 16.0. The Morgan fingerprint density at radius 3 is 2.46 bits per heavy atom. The molecule has 1 aliphatic carbocycles. The Labute approximate surface area is 165 Å². The molecule has 0 spiro atoms. The fourth-order valence-corrected chi connectivity index (χ4v) is 4.53. The van der Waals surface area contributed by atoms with Gasteiger partial charge in [-0.3, -0.25) is 4.79 Å². The van der Waals surface area contributed by atoms with Gasteiger partial charge in [-0.25, -0.2) is 4.98 Å². The Morgan fingerprint density at radius 1 is 0.893 bits per heavy atom. The number of carbonyl (C=O) groups excluding carboxylic acids is 1. The number of hydrogen-bond donors (Lipinski definition) is 0. The smallest absolute Gasteiger partial charge is 0.254 e. The first kappa shape index (κ1) is 17.2. The summed E-state index contributed by atoms with van der Waals surface area (Å²) in [5.74, 6) is 0.190. The van der Waals surface area contributed by atoms with Crippen LogP contribution in [0.5, 0.6) is 0 Å². The molecule has 1 amide bonds. The van der Waals surface area contributed by atoms with E-state index in [-0.39, 0.29) is 5.91 Å². The highest BCUT2D eigenvalue weighted by Crippen LogP contribution is 2.38. The van der Waals surface area contributed by atoms with Gasteiger partial charge in [0.2, 0.25) is 0 Å². The van der Waals surface area contributed by atoms with E-state index in [4.69, 9.17) is 4.98 Å². The number of piperidine rings is 1. The molecular weight excluding hydrogens is 344 g/mol. The molecule has 1 aromatic heterocycles. The molecule has 1 fully saturated rings. The van der Waals surface area contributed by atoms with Crippen LogP contribution in [-0.2, 0) is 6.42 Å². The summed E-state index contributed by atoms with van der Waals surface area (Å²) in [4.78, 5) is 20.5. The highest BCUT2D eigenvalue weighted by atomic mass is 16.2. The monoisotopic (exact) mass is 368 g/mol. The van der Waals surface area contributed by atoms with Gasteiger partial charge in [-0.1, -0.05) is 48.5 Å². The summed E-state index contributed by atoms with van der Waals surface area (Å²) in [6.07, 6.45) is 7.49. The molecule has 5 rings (SSSR count). The Balaban J connectivity index is 1.66. The van der Waals surface area contributed by atoms with Gasteiger partial charge in [0, 0.05) is 18.5 Å². The molecule has 2 aromatic carbocycles. The zero-order chi connectivity index (χ0) is 18.9. The van der Waals surface area contributed by atoms with Crippen LogP contribution < -0.4 is 0 Å². The first-order valence-corrected chi connectivity index (χ1v) is 10.3. The molecule has 0 unspecified atom stereocenters. The van der Waals surface area contributed by atoms with E-state index in [1.54, 1.807) is 0 Å². The molecule has 28 heavy (non-hydrogen) atoms. The number of likely N-dealkylation sites (tertiary alicyclic amines) is 1. The molecule has 3 nitrogen and oxygen atoms in total. The molecule has 1 aliphatic heterocycles. The lowest BCUT2D eigenvalue weighted by molar-refractivity contribution is 0.0725. The van der Waals surface area contributed by atoms with Crippen molar-refractivity contribution < 1.29 is 4.79 Å². The van der Waals surface area contributed by atoms with Crippen molar-refractivity contribution in [1.29, 1.82) is 0 Å². The number of rotatable bonds is 2. The number of benzene rings is 2. The number of hydrogen-bond acceptors (Lipinski definition) is 2. The zero-order valence-corrected chi connectivity index (χ0v) is 16.0. The quantitative estimate of drug-likeness (QED) is 0.611. The van der Waals surface area contributed by atoms with Crippen LogP contribution in [0.25, 0.3) is 22.6 Å². The standard InChI is InChI=1S/C25H24N2O/c28-25(27-15-7-2-8-16-27)23-20-11-5-6-12-22(20)26-24-19(13-14-21(23)24)17-18-9-3-1-4-10-18/h1,3-6,9-12,17H,2,7-8,13-16H2/b19-17-. The minimum Gasteiger partial charge on any atom is -0.339 e. The predicted octanol–water partition coefficient (Wildman–Crippen LogP) is 5.35. The van der Waals surface area contributed by atoms with Gasteiger partial charge >= 0.3 is 0 Å².